The van der Waals surface area contributed by atoms with Crippen molar-refractivity contribution in [3.8, 4) is 11.3 Å². The molecule has 0 spiro atoms. The summed E-state index contributed by atoms with van der Waals surface area (Å²) in [4.78, 5) is 12.0. The number of rotatable bonds is 4. The van der Waals surface area contributed by atoms with Crippen molar-refractivity contribution in [1.29, 1.82) is 0 Å². The smallest absolute Gasteiger partial charge is 0.254 e. The number of carbonyl (C=O) groups excluding carboxylic acids is 1. The van der Waals surface area contributed by atoms with Crippen molar-refractivity contribution in [2.75, 3.05) is 0 Å². The van der Waals surface area contributed by atoms with Crippen molar-refractivity contribution in [2.24, 2.45) is 0 Å². The van der Waals surface area contributed by atoms with Crippen molar-refractivity contribution in [3.63, 3.8) is 0 Å². The normalized spacial score (nSPS) is 10.7. The van der Waals surface area contributed by atoms with E-state index in [2.05, 4.69) is 5.32 Å². The van der Waals surface area contributed by atoms with Gasteiger partial charge in [0.05, 0.1) is 16.4 Å². The summed E-state index contributed by atoms with van der Waals surface area (Å²) >= 11 is 12.9. The Balaban J connectivity index is 1.66. The molecule has 1 aromatic carbocycles. The summed E-state index contributed by atoms with van der Waals surface area (Å²) < 4.78 is 19.4. The van der Waals surface area contributed by atoms with Gasteiger partial charge in [-0.25, -0.2) is 4.39 Å². The van der Waals surface area contributed by atoms with Gasteiger partial charge in [0.25, 0.3) is 5.91 Å². The quantitative estimate of drug-likeness (QED) is 0.670. The maximum atomic E-state index is 12.9. The van der Waals surface area contributed by atoms with E-state index in [-0.39, 0.29) is 18.3 Å². The third kappa shape index (κ3) is 3.75. The SMILES string of the molecule is O=C(NCc1ccc(-c2ccc(F)cc2)o1)c1cc(Cl)sc1Cl. The topological polar surface area (TPSA) is 42.2 Å². The molecule has 7 heteroatoms. The molecule has 0 radical (unpaired) electrons. The van der Waals surface area contributed by atoms with E-state index in [0.29, 0.717) is 25.8 Å². The van der Waals surface area contributed by atoms with Crippen LogP contribution in [0, 0.1) is 5.82 Å². The van der Waals surface area contributed by atoms with Crippen LogP contribution in [0.4, 0.5) is 4.39 Å². The minimum atomic E-state index is -0.321. The molecule has 23 heavy (non-hydrogen) atoms. The minimum absolute atomic E-state index is 0.212. The first-order valence-electron chi connectivity index (χ1n) is 6.60. The maximum absolute atomic E-state index is 12.9. The summed E-state index contributed by atoms with van der Waals surface area (Å²) in [6, 6.07) is 11.0. The lowest BCUT2D eigenvalue weighted by Crippen LogP contribution is -2.22. The monoisotopic (exact) mass is 369 g/mol. The predicted molar refractivity (Wildman–Crippen MR) is 89.6 cm³/mol. The number of carbonyl (C=O) groups is 1. The molecule has 0 aliphatic rings. The molecular weight excluding hydrogens is 360 g/mol. The first kappa shape index (κ1) is 16.1. The third-order valence-electron chi connectivity index (χ3n) is 3.11. The van der Waals surface area contributed by atoms with Crippen LogP contribution in [0.2, 0.25) is 8.67 Å². The first-order chi connectivity index (χ1) is 11.0. The Hall–Kier alpha value is -1.82. The summed E-state index contributed by atoms with van der Waals surface area (Å²) in [5, 5.41) is 2.71. The van der Waals surface area contributed by atoms with E-state index in [1.54, 1.807) is 24.3 Å². The Bertz CT molecular complexity index is 842. The van der Waals surface area contributed by atoms with E-state index in [1.165, 1.54) is 18.2 Å². The molecule has 3 aromatic rings. The van der Waals surface area contributed by atoms with Crippen LogP contribution in [0.1, 0.15) is 16.1 Å². The molecule has 0 bridgehead atoms. The van der Waals surface area contributed by atoms with Gasteiger partial charge in [-0.05, 0) is 42.5 Å². The van der Waals surface area contributed by atoms with Gasteiger partial charge in [-0.3, -0.25) is 4.79 Å². The second kappa shape index (κ2) is 6.74. The van der Waals surface area contributed by atoms with E-state index in [9.17, 15) is 9.18 Å². The van der Waals surface area contributed by atoms with Gasteiger partial charge in [0.1, 0.15) is 21.7 Å². The average Bonchev–Trinajstić information content (AvgIpc) is 3.12. The molecule has 0 saturated heterocycles. The standard InChI is InChI=1S/C16H10Cl2FNO2S/c17-14-7-12(15(18)23-14)16(21)20-8-11-5-6-13(22-11)9-1-3-10(19)4-2-9/h1-7H,8H2,(H,20,21). The molecule has 3 nitrogen and oxygen atoms in total. The van der Waals surface area contributed by atoms with Crippen molar-refractivity contribution in [3.05, 3.63) is 68.3 Å². The molecule has 1 N–H and O–H groups in total. The fourth-order valence-electron chi connectivity index (χ4n) is 2.00. The second-order valence-electron chi connectivity index (χ2n) is 4.69. The molecule has 1 amide bonds. The largest absolute Gasteiger partial charge is 0.459 e. The zero-order valence-corrected chi connectivity index (χ0v) is 13.9. The molecule has 0 unspecified atom stereocenters. The molecule has 118 valence electrons. The van der Waals surface area contributed by atoms with E-state index in [1.807, 2.05) is 0 Å². The fourth-order valence-corrected chi connectivity index (χ4v) is 3.46. The van der Waals surface area contributed by atoms with Crippen LogP contribution in [0.3, 0.4) is 0 Å². The Morgan fingerprint density at radius 3 is 2.57 bits per heavy atom. The average molecular weight is 370 g/mol. The Morgan fingerprint density at radius 2 is 1.91 bits per heavy atom. The first-order valence-corrected chi connectivity index (χ1v) is 8.18. The molecule has 2 aromatic heterocycles. The highest BCUT2D eigenvalue weighted by Gasteiger charge is 2.14. The molecule has 0 aliphatic carbocycles. The summed E-state index contributed by atoms with van der Waals surface area (Å²) in [6.07, 6.45) is 0. The van der Waals surface area contributed by atoms with Gasteiger partial charge in [-0.1, -0.05) is 23.2 Å². The van der Waals surface area contributed by atoms with Crippen LogP contribution in [-0.4, -0.2) is 5.91 Å². The van der Waals surface area contributed by atoms with Crippen molar-refractivity contribution in [2.45, 2.75) is 6.54 Å². The summed E-state index contributed by atoms with van der Waals surface area (Å²) in [5.41, 5.74) is 1.10. The van der Waals surface area contributed by atoms with E-state index < -0.39 is 0 Å². The lowest BCUT2D eigenvalue weighted by atomic mass is 10.2. The van der Waals surface area contributed by atoms with Crippen LogP contribution < -0.4 is 5.32 Å². The Kier molecular flexibility index (Phi) is 4.71. The number of furan rings is 1. The lowest BCUT2D eigenvalue weighted by molar-refractivity contribution is 0.0948. The molecule has 0 fully saturated rings. The molecule has 0 atom stereocenters. The number of benzene rings is 1. The van der Waals surface area contributed by atoms with Gasteiger partial charge in [0, 0.05) is 5.56 Å². The van der Waals surface area contributed by atoms with Crippen molar-refractivity contribution >= 4 is 40.4 Å². The van der Waals surface area contributed by atoms with E-state index >= 15 is 0 Å². The van der Waals surface area contributed by atoms with Gasteiger partial charge < -0.3 is 9.73 Å². The Labute approximate surface area is 145 Å². The highest BCUT2D eigenvalue weighted by molar-refractivity contribution is 7.20. The van der Waals surface area contributed by atoms with Gasteiger partial charge >= 0.3 is 0 Å². The summed E-state index contributed by atoms with van der Waals surface area (Å²) in [6.45, 7) is 0.212. The van der Waals surface area contributed by atoms with Crippen LogP contribution in [0.15, 0.2) is 46.9 Å². The van der Waals surface area contributed by atoms with Crippen molar-refractivity contribution < 1.29 is 13.6 Å². The van der Waals surface area contributed by atoms with Crippen LogP contribution in [0.5, 0.6) is 0 Å². The molecule has 0 aliphatic heterocycles. The number of thiophene rings is 1. The highest BCUT2D eigenvalue weighted by atomic mass is 35.5. The predicted octanol–water partition coefficient (Wildman–Crippen LogP) is 5.38. The summed E-state index contributed by atoms with van der Waals surface area (Å²) in [5.74, 6) is 0.554. The second-order valence-corrected chi connectivity index (χ2v) is 6.98. The van der Waals surface area contributed by atoms with Crippen LogP contribution >= 0.6 is 34.5 Å². The molecule has 0 saturated carbocycles. The number of nitrogens with one attached hydrogen (secondary N) is 1. The zero-order chi connectivity index (χ0) is 16.4. The maximum Gasteiger partial charge on any atom is 0.254 e. The number of hydrogen-bond donors (Lipinski definition) is 1. The molecule has 2 heterocycles. The number of amides is 1. The molecule has 3 rings (SSSR count). The Morgan fingerprint density at radius 1 is 1.17 bits per heavy atom. The van der Waals surface area contributed by atoms with E-state index in [4.69, 9.17) is 27.6 Å². The zero-order valence-electron chi connectivity index (χ0n) is 11.6. The van der Waals surface area contributed by atoms with Crippen LogP contribution in [-0.2, 0) is 6.54 Å². The van der Waals surface area contributed by atoms with Crippen LogP contribution in [0.25, 0.3) is 11.3 Å². The van der Waals surface area contributed by atoms with Gasteiger partial charge in [0.2, 0.25) is 0 Å². The minimum Gasteiger partial charge on any atom is -0.459 e. The molecular formula is C16H10Cl2FNO2S. The van der Waals surface area contributed by atoms with Gasteiger partial charge in [-0.2, -0.15) is 0 Å². The van der Waals surface area contributed by atoms with Gasteiger partial charge in [0.15, 0.2) is 0 Å². The van der Waals surface area contributed by atoms with Gasteiger partial charge in [-0.15, -0.1) is 11.3 Å². The highest BCUT2D eigenvalue weighted by Crippen LogP contribution is 2.31. The van der Waals surface area contributed by atoms with E-state index in [0.717, 1.165) is 16.9 Å². The van der Waals surface area contributed by atoms with Crippen molar-refractivity contribution in [1.82, 2.24) is 5.32 Å². The fraction of sp³-hybridized carbons (Fsp3) is 0.0625. The summed E-state index contributed by atoms with van der Waals surface area (Å²) in [7, 11) is 0. The lowest BCUT2D eigenvalue weighted by Gasteiger charge is -2.02. The number of halogens is 3. The number of hydrogen-bond acceptors (Lipinski definition) is 3. The third-order valence-corrected chi connectivity index (χ3v) is 4.60.